The van der Waals surface area contributed by atoms with E-state index in [1.807, 2.05) is 41.1 Å². The Balaban J connectivity index is 1.26. The van der Waals surface area contributed by atoms with Crippen molar-refractivity contribution in [3.05, 3.63) is 83.7 Å². The standard InChI is InChI=1S/C31H32N6O3/c32-28(38)21-10-13-23(14-11-21)34-30(40)31(16-6-17-31)35-29(39)22-12-15-24-25(19-22)36-37(26-9-4-5-18-33-26)27(24)20-7-2-1-3-8-20/h4-5,9-15,18-20H,1-3,6-8,16-17H2,(H2,32,38)(H,34,40)(H,35,39). The maximum absolute atomic E-state index is 13.4. The number of primary amides is 1. The summed E-state index contributed by atoms with van der Waals surface area (Å²) in [5, 5.41) is 11.8. The first-order valence-electron chi connectivity index (χ1n) is 13.9. The summed E-state index contributed by atoms with van der Waals surface area (Å²) in [6, 6.07) is 17.8. The molecule has 2 saturated carbocycles. The average Bonchev–Trinajstić information content (AvgIpc) is 3.35. The molecule has 9 heteroatoms. The molecule has 2 aliphatic rings. The molecular formula is C31H32N6O3. The van der Waals surface area contributed by atoms with Gasteiger partial charge in [-0.05, 0) is 80.6 Å². The second kappa shape index (κ2) is 10.6. The zero-order valence-corrected chi connectivity index (χ0v) is 22.2. The summed E-state index contributed by atoms with van der Waals surface area (Å²) in [5.41, 5.74) is 7.55. The van der Waals surface area contributed by atoms with Crippen LogP contribution in [-0.4, -0.2) is 38.0 Å². The highest BCUT2D eigenvalue weighted by atomic mass is 16.2. The first-order chi connectivity index (χ1) is 19.4. The molecule has 0 radical (unpaired) electrons. The summed E-state index contributed by atoms with van der Waals surface area (Å²) >= 11 is 0. The molecule has 0 bridgehead atoms. The summed E-state index contributed by atoms with van der Waals surface area (Å²) in [4.78, 5) is 42.6. The third-order valence-corrected chi connectivity index (χ3v) is 8.25. The SMILES string of the molecule is NC(=O)c1ccc(NC(=O)C2(NC(=O)c3ccc4c(C5CCCCC5)n(-c5ccccn5)nc4c3)CCC2)cc1. The van der Waals surface area contributed by atoms with Crippen molar-refractivity contribution < 1.29 is 14.4 Å². The number of aromatic nitrogens is 3. The summed E-state index contributed by atoms with van der Waals surface area (Å²) < 4.78 is 1.94. The molecule has 0 saturated heterocycles. The van der Waals surface area contributed by atoms with Crippen LogP contribution < -0.4 is 16.4 Å². The van der Waals surface area contributed by atoms with Crippen molar-refractivity contribution in [3.8, 4) is 5.82 Å². The lowest BCUT2D eigenvalue weighted by Crippen LogP contribution is -2.61. The van der Waals surface area contributed by atoms with Crippen molar-refractivity contribution in [1.29, 1.82) is 0 Å². The lowest BCUT2D eigenvalue weighted by Gasteiger charge is -2.40. The largest absolute Gasteiger partial charge is 0.366 e. The molecule has 2 fully saturated rings. The molecule has 0 aliphatic heterocycles. The minimum absolute atomic E-state index is 0.279. The van der Waals surface area contributed by atoms with E-state index in [0.29, 0.717) is 35.6 Å². The quantitative estimate of drug-likeness (QED) is 0.310. The number of rotatable bonds is 7. The topological polar surface area (TPSA) is 132 Å². The molecule has 2 aromatic heterocycles. The number of anilines is 1. The molecule has 2 aliphatic carbocycles. The average molecular weight is 537 g/mol. The molecule has 0 atom stereocenters. The number of nitrogens with one attached hydrogen (secondary N) is 2. The van der Waals surface area contributed by atoms with Gasteiger partial charge in [-0.15, -0.1) is 0 Å². The molecule has 6 rings (SSSR count). The van der Waals surface area contributed by atoms with Crippen molar-refractivity contribution >= 4 is 34.3 Å². The maximum atomic E-state index is 13.4. The smallest absolute Gasteiger partial charge is 0.252 e. The lowest BCUT2D eigenvalue weighted by atomic mass is 9.75. The number of fused-ring (bicyclic) bond motifs is 1. The maximum Gasteiger partial charge on any atom is 0.252 e. The third kappa shape index (κ3) is 4.83. The highest BCUT2D eigenvalue weighted by Crippen LogP contribution is 2.38. The number of nitrogens with zero attached hydrogens (tertiary/aromatic N) is 3. The van der Waals surface area contributed by atoms with Gasteiger partial charge in [0.15, 0.2) is 5.82 Å². The number of benzene rings is 2. The van der Waals surface area contributed by atoms with Crippen LogP contribution in [0, 0.1) is 0 Å². The van der Waals surface area contributed by atoms with Gasteiger partial charge in [0, 0.05) is 34.3 Å². The molecule has 0 unspecified atom stereocenters. The Morgan fingerprint density at radius 1 is 0.900 bits per heavy atom. The van der Waals surface area contributed by atoms with Gasteiger partial charge in [-0.3, -0.25) is 14.4 Å². The molecule has 9 nitrogen and oxygen atoms in total. The number of hydrogen-bond acceptors (Lipinski definition) is 5. The molecule has 2 heterocycles. The van der Waals surface area contributed by atoms with E-state index in [9.17, 15) is 14.4 Å². The first kappa shape index (κ1) is 25.7. The molecular weight excluding hydrogens is 504 g/mol. The van der Waals surface area contributed by atoms with Crippen LogP contribution in [0.5, 0.6) is 0 Å². The Bertz CT molecular complexity index is 1570. The van der Waals surface area contributed by atoms with Crippen molar-refractivity contribution in [2.24, 2.45) is 5.73 Å². The van der Waals surface area contributed by atoms with Crippen LogP contribution in [0.3, 0.4) is 0 Å². The predicted octanol–water partition coefficient (Wildman–Crippen LogP) is 4.86. The van der Waals surface area contributed by atoms with E-state index in [1.165, 1.54) is 19.3 Å². The van der Waals surface area contributed by atoms with E-state index in [4.69, 9.17) is 10.8 Å². The molecule has 0 spiro atoms. The van der Waals surface area contributed by atoms with Crippen LogP contribution in [0.1, 0.15) is 83.7 Å². The summed E-state index contributed by atoms with van der Waals surface area (Å²) in [6.07, 6.45) is 9.56. The van der Waals surface area contributed by atoms with Gasteiger partial charge in [-0.25, -0.2) is 9.67 Å². The van der Waals surface area contributed by atoms with Gasteiger partial charge in [-0.1, -0.05) is 31.4 Å². The minimum Gasteiger partial charge on any atom is -0.366 e. The van der Waals surface area contributed by atoms with E-state index in [0.717, 1.165) is 41.7 Å². The molecule has 4 N–H and O–H groups in total. The normalized spacial score (nSPS) is 16.7. The Kier molecular flexibility index (Phi) is 6.79. The number of amides is 3. The lowest BCUT2D eigenvalue weighted by molar-refractivity contribution is -0.125. The fourth-order valence-electron chi connectivity index (χ4n) is 5.87. The third-order valence-electron chi connectivity index (χ3n) is 8.25. The predicted molar refractivity (Wildman–Crippen MR) is 152 cm³/mol. The molecule has 204 valence electrons. The second-order valence-corrected chi connectivity index (χ2v) is 10.8. The zero-order valence-electron chi connectivity index (χ0n) is 22.2. The van der Waals surface area contributed by atoms with Gasteiger partial charge >= 0.3 is 0 Å². The monoisotopic (exact) mass is 536 g/mol. The van der Waals surface area contributed by atoms with Crippen LogP contribution >= 0.6 is 0 Å². The van der Waals surface area contributed by atoms with Gasteiger partial charge in [-0.2, -0.15) is 5.10 Å². The van der Waals surface area contributed by atoms with Gasteiger partial charge in [0.2, 0.25) is 11.8 Å². The van der Waals surface area contributed by atoms with E-state index in [1.54, 1.807) is 30.5 Å². The Morgan fingerprint density at radius 3 is 2.30 bits per heavy atom. The highest BCUT2D eigenvalue weighted by molar-refractivity contribution is 6.05. The number of pyridine rings is 1. The Hall–Kier alpha value is -4.53. The summed E-state index contributed by atoms with van der Waals surface area (Å²) in [7, 11) is 0. The molecule has 4 aromatic rings. The van der Waals surface area contributed by atoms with Crippen LogP contribution in [-0.2, 0) is 4.79 Å². The molecule has 2 aromatic carbocycles. The van der Waals surface area contributed by atoms with E-state index >= 15 is 0 Å². The van der Waals surface area contributed by atoms with Gasteiger partial charge in [0.05, 0.1) is 11.2 Å². The Morgan fingerprint density at radius 2 is 1.65 bits per heavy atom. The Labute approximate surface area is 232 Å². The van der Waals surface area contributed by atoms with Crippen LogP contribution in [0.4, 0.5) is 5.69 Å². The van der Waals surface area contributed by atoms with Crippen molar-refractivity contribution in [2.45, 2.75) is 62.8 Å². The number of hydrogen-bond donors (Lipinski definition) is 3. The summed E-state index contributed by atoms with van der Waals surface area (Å²) in [6.45, 7) is 0. The number of carbonyl (C=O) groups is 3. The second-order valence-electron chi connectivity index (χ2n) is 10.8. The fraction of sp³-hybridized carbons (Fsp3) is 0.323. The summed E-state index contributed by atoms with van der Waals surface area (Å²) in [5.74, 6) is 0.0263. The molecule has 40 heavy (non-hydrogen) atoms. The van der Waals surface area contributed by atoms with Crippen molar-refractivity contribution in [1.82, 2.24) is 20.1 Å². The molecule has 3 amide bonds. The van der Waals surface area contributed by atoms with Crippen LogP contribution in [0.2, 0.25) is 0 Å². The van der Waals surface area contributed by atoms with Crippen LogP contribution in [0.25, 0.3) is 16.7 Å². The van der Waals surface area contributed by atoms with E-state index in [2.05, 4.69) is 15.6 Å². The number of carbonyl (C=O) groups excluding carboxylic acids is 3. The van der Waals surface area contributed by atoms with Gasteiger partial charge in [0.25, 0.3) is 5.91 Å². The fourth-order valence-corrected chi connectivity index (χ4v) is 5.87. The minimum atomic E-state index is -0.991. The van der Waals surface area contributed by atoms with Crippen molar-refractivity contribution in [3.63, 3.8) is 0 Å². The van der Waals surface area contributed by atoms with Gasteiger partial charge in [0.1, 0.15) is 5.54 Å². The van der Waals surface area contributed by atoms with E-state index < -0.39 is 11.4 Å². The van der Waals surface area contributed by atoms with Crippen LogP contribution in [0.15, 0.2) is 66.9 Å². The van der Waals surface area contributed by atoms with E-state index in [-0.39, 0.29) is 11.8 Å². The first-order valence-corrected chi connectivity index (χ1v) is 13.9. The zero-order chi connectivity index (χ0) is 27.7. The highest BCUT2D eigenvalue weighted by Gasteiger charge is 2.45. The van der Waals surface area contributed by atoms with Gasteiger partial charge < -0.3 is 16.4 Å². The van der Waals surface area contributed by atoms with Crippen molar-refractivity contribution in [2.75, 3.05) is 5.32 Å². The number of nitrogens with two attached hydrogens (primary N) is 1.